The van der Waals surface area contributed by atoms with E-state index in [0.29, 0.717) is 5.69 Å². The Kier molecular flexibility index (Phi) is 6.33. The minimum atomic E-state index is -4.73. The zero-order valence-corrected chi connectivity index (χ0v) is 14.0. The summed E-state index contributed by atoms with van der Waals surface area (Å²) in [5, 5.41) is 29.9. The van der Waals surface area contributed by atoms with Gasteiger partial charge >= 0.3 is 7.82 Å². The first-order valence-electron chi connectivity index (χ1n) is 6.71. The van der Waals surface area contributed by atoms with Gasteiger partial charge in [0.15, 0.2) is 6.23 Å². The van der Waals surface area contributed by atoms with Crippen LogP contribution in [-0.2, 0) is 25.2 Å². The van der Waals surface area contributed by atoms with Crippen molar-refractivity contribution in [3.8, 4) is 0 Å². The van der Waals surface area contributed by atoms with Crippen molar-refractivity contribution in [1.82, 2.24) is 20.3 Å². The van der Waals surface area contributed by atoms with Gasteiger partial charge in [0.1, 0.15) is 24.0 Å². The maximum Gasteiger partial charge on any atom is 0.469 e. The van der Waals surface area contributed by atoms with Gasteiger partial charge in [-0.2, -0.15) is 12.6 Å². The van der Waals surface area contributed by atoms with Gasteiger partial charge in [0.2, 0.25) is 5.91 Å². The van der Waals surface area contributed by atoms with Gasteiger partial charge in [0.05, 0.1) is 25.1 Å². The molecule has 0 spiro atoms. The number of aliphatic hydroxyl groups is 2. The van der Waals surface area contributed by atoms with Crippen LogP contribution in [0.4, 0.5) is 0 Å². The first kappa shape index (κ1) is 19.3. The highest BCUT2D eigenvalue weighted by Gasteiger charge is 2.45. The van der Waals surface area contributed by atoms with Gasteiger partial charge in [-0.3, -0.25) is 9.32 Å². The van der Waals surface area contributed by atoms with E-state index in [1.54, 1.807) is 0 Å². The third-order valence-electron chi connectivity index (χ3n) is 3.17. The number of phosphoric acid groups is 1. The number of aliphatic hydroxyl groups excluding tert-OH is 2. The van der Waals surface area contributed by atoms with E-state index >= 15 is 0 Å². The highest BCUT2D eigenvalue weighted by atomic mass is 32.1. The number of hydrogen-bond donors (Lipinski definition) is 6. The predicted molar refractivity (Wildman–Crippen MR) is 79.6 cm³/mol. The van der Waals surface area contributed by atoms with Crippen LogP contribution in [0.3, 0.4) is 0 Å². The van der Waals surface area contributed by atoms with Crippen LogP contribution in [0.2, 0.25) is 0 Å². The summed E-state index contributed by atoms with van der Waals surface area (Å²) in [5.74, 6) is -0.276. The van der Waals surface area contributed by atoms with E-state index in [0.717, 1.165) is 4.68 Å². The van der Waals surface area contributed by atoms with Gasteiger partial charge in [0.25, 0.3) is 0 Å². The SMILES string of the molecule is O=C(CS)NCc1cn([C@@H]2O[C@H](COP(=O)(O)O)[C@@H](O)[C@H]2O)nn1. The molecule has 0 unspecified atom stereocenters. The lowest BCUT2D eigenvalue weighted by Crippen LogP contribution is -2.33. The first-order chi connectivity index (χ1) is 11.2. The highest BCUT2D eigenvalue weighted by molar-refractivity contribution is 7.81. The number of ether oxygens (including phenoxy) is 1. The molecule has 1 aromatic rings. The molecule has 4 atom stereocenters. The topological polar surface area (TPSA) is 176 Å². The number of thiol groups is 1. The van der Waals surface area contributed by atoms with Crippen LogP contribution in [0.5, 0.6) is 0 Å². The molecule has 1 aromatic heterocycles. The van der Waals surface area contributed by atoms with Crippen LogP contribution in [0.15, 0.2) is 6.20 Å². The van der Waals surface area contributed by atoms with E-state index in [2.05, 4.69) is 32.8 Å². The third-order valence-corrected chi connectivity index (χ3v) is 3.95. The van der Waals surface area contributed by atoms with Crippen LogP contribution >= 0.6 is 20.5 Å². The summed E-state index contributed by atoms with van der Waals surface area (Å²) < 4.78 is 21.4. The Morgan fingerprint density at radius 1 is 1.46 bits per heavy atom. The van der Waals surface area contributed by atoms with Crippen molar-refractivity contribution in [2.24, 2.45) is 0 Å². The lowest BCUT2D eigenvalue weighted by Gasteiger charge is -2.14. The molecule has 0 aromatic carbocycles. The van der Waals surface area contributed by atoms with Crippen molar-refractivity contribution in [3.63, 3.8) is 0 Å². The van der Waals surface area contributed by atoms with Crippen LogP contribution in [0.25, 0.3) is 0 Å². The molecule has 24 heavy (non-hydrogen) atoms. The number of nitrogens with zero attached hydrogens (tertiary/aromatic N) is 3. The maximum absolute atomic E-state index is 11.1. The molecule has 2 heterocycles. The van der Waals surface area contributed by atoms with Gasteiger partial charge < -0.3 is 30.1 Å². The van der Waals surface area contributed by atoms with E-state index in [1.807, 2.05) is 0 Å². The van der Waals surface area contributed by atoms with Crippen molar-refractivity contribution in [3.05, 3.63) is 11.9 Å². The average molecular weight is 384 g/mol. The molecular formula is C10H17N4O8PS. The second-order valence-electron chi connectivity index (χ2n) is 4.96. The highest BCUT2D eigenvalue weighted by Crippen LogP contribution is 2.38. The smallest absolute Gasteiger partial charge is 0.387 e. The third kappa shape index (κ3) is 4.97. The molecule has 1 aliphatic rings. The minimum Gasteiger partial charge on any atom is -0.387 e. The van der Waals surface area contributed by atoms with E-state index < -0.39 is 39.0 Å². The van der Waals surface area contributed by atoms with E-state index in [-0.39, 0.29) is 18.2 Å². The van der Waals surface area contributed by atoms with Gasteiger partial charge in [-0.05, 0) is 0 Å². The summed E-state index contributed by atoms with van der Waals surface area (Å²) in [6.07, 6.45) is -3.72. The predicted octanol–water partition coefficient (Wildman–Crippen LogP) is -2.45. The Morgan fingerprint density at radius 2 is 2.17 bits per heavy atom. The molecule has 5 N–H and O–H groups in total. The van der Waals surface area contributed by atoms with Crippen molar-refractivity contribution in [2.75, 3.05) is 12.4 Å². The van der Waals surface area contributed by atoms with Gasteiger partial charge in [-0.15, -0.1) is 5.10 Å². The van der Waals surface area contributed by atoms with Crippen molar-refractivity contribution < 1.29 is 38.6 Å². The maximum atomic E-state index is 11.1. The Labute approximate surface area is 141 Å². The Balaban J connectivity index is 1.98. The van der Waals surface area contributed by atoms with Crippen LogP contribution < -0.4 is 5.32 Å². The molecular weight excluding hydrogens is 367 g/mol. The fourth-order valence-electron chi connectivity index (χ4n) is 2.02. The molecule has 1 fully saturated rings. The fraction of sp³-hybridized carbons (Fsp3) is 0.700. The molecule has 0 saturated carbocycles. The number of hydrogen-bond acceptors (Lipinski definition) is 9. The fourth-order valence-corrected chi connectivity index (χ4v) is 2.47. The molecule has 0 aliphatic carbocycles. The minimum absolute atomic E-state index is 0.0199. The summed E-state index contributed by atoms with van der Waals surface area (Å²) in [6.45, 7) is -0.520. The summed E-state index contributed by atoms with van der Waals surface area (Å²) in [6, 6.07) is 0. The summed E-state index contributed by atoms with van der Waals surface area (Å²) >= 11 is 3.81. The first-order valence-corrected chi connectivity index (χ1v) is 8.87. The van der Waals surface area contributed by atoms with Crippen molar-refractivity contribution in [1.29, 1.82) is 0 Å². The Bertz CT molecular complexity index is 624. The van der Waals surface area contributed by atoms with Crippen LogP contribution in [0, 0.1) is 0 Å². The molecule has 0 radical (unpaired) electrons. The summed E-state index contributed by atoms with van der Waals surface area (Å²) in [7, 11) is -4.73. The summed E-state index contributed by atoms with van der Waals surface area (Å²) in [4.78, 5) is 28.4. The van der Waals surface area contributed by atoms with E-state index in [9.17, 15) is 19.6 Å². The Hall–Kier alpha value is -1.05. The molecule has 1 aliphatic heterocycles. The second-order valence-corrected chi connectivity index (χ2v) is 6.51. The number of rotatable bonds is 7. The van der Waals surface area contributed by atoms with Gasteiger partial charge in [-0.25, -0.2) is 9.25 Å². The molecule has 14 heteroatoms. The molecule has 136 valence electrons. The number of phosphoric ester groups is 1. The average Bonchev–Trinajstić information content (AvgIpc) is 3.09. The monoisotopic (exact) mass is 384 g/mol. The van der Waals surface area contributed by atoms with Gasteiger partial charge in [0, 0.05) is 0 Å². The van der Waals surface area contributed by atoms with Crippen molar-refractivity contribution >= 4 is 26.4 Å². The zero-order valence-electron chi connectivity index (χ0n) is 12.2. The number of carbonyl (C=O) groups is 1. The quantitative estimate of drug-likeness (QED) is 0.219. The second kappa shape index (κ2) is 7.89. The molecule has 1 amide bonds. The standard InChI is InChI=1S/C10H17N4O8PS/c15-7(4-24)11-1-5-2-14(13-12-5)10-9(17)8(16)6(22-10)3-21-23(18,19)20/h2,6,8-10,16-17,24H,1,3-4H2,(H,11,15)(H2,18,19,20)/t6-,8-,9-,10-/m1/s1. The number of aromatic nitrogens is 3. The normalized spacial score (nSPS) is 27.4. The van der Waals surface area contributed by atoms with Crippen LogP contribution in [0.1, 0.15) is 11.9 Å². The zero-order chi connectivity index (χ0) is 17.9. The van der Waals surface area contributed by atoms with Gasteiger partial charge in [-0.1, -0.05) is 5.21 Å². The lowest BCUT2D eigenvalue weighted by molar-refractivity contribution is -0.118. The number of carbonyl (C=O) groups excluding carboxylic acids is 1. The van der Waals surface area contributed by atoms with Crippen molar-refractivity contribution in [2.45, 2.75) is 31.1 Å². The molecule has 0 bridgehead atoms. The molecule has 2 rings (SSSR count). The van der Waals surface area contributed by atoms with E-state index in [1.165, 1.54) is 6.20 Å². The number of amides is 1. The summed E-state index contributed by atoms with van der Waals surface area (Å²) in [5.41, 5.74) is 0.380. The molecule has 1 saturated heterocycles. The van der Waals surface area contributed by atoms with E-state index in [4.69, 9.17) is 14.5 Å². The Morgan fingerprint density at radius 3 is 2.79 bits per heavy atom. The largest absolute Gasteiger partial charge is 0.469 e. The van der Waals surface area contributed by atoms with Crippen LogP contribution in [-0.4, -0.2) is 71.6 Å². The molecule has 12 nitrogen and oxygen atoms in total. The number of nitrogens with one attached hydrogen (secondary N) is 1. The lowest BCUT2D eigenvalue weighted by atomic mass is 10.1.